The summed E-state index contributed by atoms with van der Waals surface area (Å²) in [5.41, 5.74) is 4.21. The van der Waals surface area contributed by atoms with Crippen molar-refractivity contribution in [2.45, 2.75) is 13.3 Å². The van der Waals surface area contributed by atoms with E-state index < -0.39 is 0 Å². The summed E-state index contributed by atoms with van der Waals surface area (Å²) < 4.78 is 2.10. The van der Waals surface area contributed by atoms with Gasteiger partial charge in [0.25, 0.3) is 0 Å². The lowest BCUT2D eigenvalue weighted by atomic mass is 10.1. The molecule has 0 atom stereocenters. The number of hydrogen-bond acceptors (Lipinski definition) is 4. The second kappa shape index (κ2) is 5.05. The van der Waals surface area contributed by atoms with Gasteiger partial charge in [0.05, 0.1) is 5.70 Å². The molecule has 0 amide bonds. The fourth-order valence-corrected chi connectivity index (χ4v) is 1.80. The number of phenols is 1. The first-order valence-electron chi connectivity index (χ1n) is 5.54. The van der Waals surface area contributed by atoms with Crippen molar-refractivity contribution in [1.82, 2.24) is 14.9 Å². The molecule has 1 aromatic heterocycles. The van der Waals surface area contributed by atoms with Crippen LogP contribution >= 0.6 is 12.2 Å². The Labute approximate surface area is 110 Å². The minimum atomic E-state index is 0.170. The number of hydrogen-bond donors (Lipinski definition) is 3. The zero-order valence-corrected chi connectivity index (χ0v) is 10.8. The third-order valence-electron chi connectivity index (χ3n) is 2.53. The number of benzene rings is 1. The largest absolute Gasteiger partial charge is 0.507 e. The van der Waals surface area contributed by atoms with E-state index in [2.05, 4.69) is 22.2 Å². The number of nitrogens with one attached hydrogen (secondary N) is 2. The number of aromatic amines is 1. The standard InChI is InChI=1S/C12H14N4OS/c1-3-11-13-14-12(18)16(11)15-8(2)9-6-4-5-7-10(9)17/h4-7,15,17H,2-3H2,1H3,(H,14,18). The summed E-state index contributed by atoms with van der Waals surface area (Å²) in [6.45, 7) is 5.88. The van der Waals surface area contributed by atoms with Gasteiger partial charge < -0.3 is 5.11 Å². The maximum Gasteiger partial charge on any atom is 0.214 e. The Bertz CT molecular complexity index is 629. The fourth-order valence-electron chi connectivity index (χ4n) is 1.61. The molecular formula is C12H14N4OS. The van der Waals surface area contributed by atoms with Crippen LogP contribution in [-0.2, 0) is 6.42 Å². The zero-order valence-electron chi connectivity index (χ0n) is 9.97. The molecule has 0 aliphatic carbocycles. The van der Waals surface area contributed by atoms with Crippen molar-refractivity contribution in [1.29, 1.82) is 0 Å². The molecule has 0 bridgehead atoms. The highest BCUT2D eigenvalue weighted by atomic mass is 32.1. The molecule has 0 saturated carbocycles. The van der Waals surface area contributed by atoms with Crippen LogP contribution in [0, 0.1) is 4.77 Å². The predicted octanol–water partition coefficient (Wildman–Crippen LogP) is 2.42. The second-order valence-corrected chi connectivity index (χ2v) is 4.13. The van der Waals surface area contributed by atoms with Crippen LogP contribution < -0.4 is 5.43 Å². The van der Waals surface area contributed by atoms with Crippen LogP contribution in [-0.4, -0.2) is 20.0 Å². The van der Waals surface area contributed by atoms with Crippen molar-refractivity contribution in [3.05, 3.63) is 47.0 Å². The van der Waals surface area contributed by atoms with E-state index in [0.29, 0.717) is 16.0 Å². The van der Waals surface area contributed by atoms with E-state index in [-0.39, 0.29) is 5.75 Å². The average molecular weight is 262 g/mol. The van der Waals surface area contributed by atoms with E-state index >= 15 is 0 Å². The minimum Gasteiger partial charge on any atom is -0.507 e. The second-order valence-electron chi connectivity index (χ2n) is 3.74. The van der Waals surface area contributed by atoms with Crippen molar-refractivity contribution in [2.75, 3.05) is 5.43 Å². The smallest absolute Gasteiger partial charge is 0.214 e. The molecule has 0 aliphatic rings. The molecule has 6 heteroatoms. The first-order chi connectivity index (χ1) is 8.63. The molecule has 0 spiro atoms. The highest BCUT2D eigenvalue weighted by Gasteiger charge is 2.08. The lowest BCUT2D eigenvalue weighted by Gasteiger charge is -2.12. The summed E-state index contributed by atoms with van der Waals surface area (Å²) in [7, 11) is 0. The lowest BCUT2D eigenvalue weighted by molar-refractivity contribution is 0.473. The van der Waals surface area contributed by atoms with Crippen molar-refractivity contribution in [2.24, 2.45) is 0 Å². The molecule has 0 aliphatic heterocycles. The molecule has 0 fully saturated rings. The van der Waals surface area contributed by atoms with Crippen LogP contribution in [0.3, 0.4) is 0 Å². The Balaban J connectivity index is 2.30. The molecular weight excluding hydrogens is 248 g/mol. The fraction of sp³-hybridized carbons (Fsp3) is 0.167. The summed E-state index contributed by atoms with van der Waals surface area (Å²) in [4.78, 5) is 0. The van der Waals surface area contributed by atoms with E-state index in [0.717, 1.165) is 12.2 Å². The summed E-state index contributed by atoms with van der Waals surface area (Å²) in [6, 6.07) is 6.97. The highest BCUT2D eigenvalue weighted by Crippen LogP contribution is 2.22. The Kier molecular flexibility index (Phi) is 3.47. The molecule has 0 saturated heterocycles. The van der Waals surface area contributed by atoms with Gasteiger partial charge in [0.2, 0.25) is 4.77 Å². The molecule has 1 heterocycles. The first kappa shape index (κ1) is 12.4. The highest BCUT2D eigenvalue weighted by molar-refractivity contribution is 7.71. The predicted molar refractivity (Wildman–Crippen MR) is 73.3 cm³/mol. The lowest BCUT2D eigenvalue weighted by Crippen LogP contribution is -2.16. The Morgan fingerprint density at radius 3 is 2.94 bits per heavy atom. The number of aromatic nitrogens is 3. The molecule has 0 radical (unpaired) electrons. The van der Waals surface area contributed by atoms with Gasteiger partial charge in [-0.05, 0) is 24.4 Å². The number of para-hydroxylation sites is 1. The number of aromatic hydroxyl groups is 1. The molecule has 2 aromatic rings. The third-order valence-corrected chi connectivity index (χ3v) is 2.81. The van der Waals surface area contributed by atoms with Crippen LogP contribution in [0.15, 0.2) is 30.8 Å². The van der Waals surface area contributed by atoms with Gasteiger partial charge in [-0.2, -0.15) is 5.10 Å². The quantitative estimate of drug-likeness (QED) is 0.740. The van der Waals surface area contributed by atoms with E-state index in [1.807, 2.05) is 13.0 Å². The SMILES string of the molecule is C=C(Nn1c(CC)n[nH]c1=S)c1ccccc1O. The van der Waals surface area contributed by atoms with Crippen LogP contribution in [0.25, 0.3) is 5.70 Å². The van der Waals surface area contributed by atoms with Crippen LogP contribution in [0.4, 0.5) is 0 Å². The molecule has 1 aromatic carbocycles. The zero-order chi connectivity index (χ0) is 13.1. The monoisotopic (exact) mass is 262 g/mol. The number of rotatable bonds is 4. The maximum atomic E-state index is 9.75. The van der Waals surface area contributed by atoms with E-state index in [4.69, 9.17) is 12.2 Å². The van der Waals surface area contributed by atoms with Crippen molar-refractivity contribution >= 4 is 17.9 Å². The van der Waals surface area contributed by atoms with Gasteiger partial charge in [0.15, 0.2) is 5.82 Å². The Morgan fingerprint density at radius 1 is 1.56 bits per heavy atom. The van der Waals surface area contributed by atoms with Crippen molar-refractivity contribution < 1.29 is 5.11 Å². The van der Waals surface area contributed by atoms with Gasteiger partial charge in [-0.25, -0.2) is 4.68 Å². The summed E-state index contributed by atoms with van der Waals surface area (Å²) in [5.74, 6) is 0.944. The number of H-pyrrole nitrogens is 1. The van der Waals surface area contributed by atoms with Crippen LogP contribution in [0.1, 0.15) is 18.3 Å². The molecule has 3 N–H and O–H groups in total. The number of aryl methyl sites for hydroxylation is 1. The van der Waals surface area contributed by atoms with Gasteiger partial charge >= 0.3 is 0 Å². The van der Waals surface area contributed by atoms with Gasteiger partial charge in [0.1, 0.15) is 5.75 Å². The number of nitrogens with zero attached hydrogens (tertiary/aromatic N) is 2. The summed E-state index contributed by atoms with van der Waals surface area (Å²) >= 11 is 5.12. The average Bonchev–Trinajstić information content (AvgIpc) is 2.71. The van der Waals surface area contributed by atoms with Crippen LogP contribution in [0.2, 0.25) is 0 Å². The maximum absolute atomic E-state index is 9.75. The van der Waals surface area contributed by atoms with Crippen molar-refractivity contribution in [3.63, 3.8) is 0 Å². The molecule has 94 valence electrons. The van der Waals surface area contributed by atoms with Gasteiger partial charge in [0, 0.05) is 12.0 Å². The van der Waals surface area contributed by atoms with E-state index in [9.17, 15) is 5.11 Å². The third kappa shape index (κ3) is 2.28. The van der Waals surface area contributed by atoms with E-state index in [1.54, 1.807) is 22.9 Å². The topological polar surface area (TPSA) is 65.9 Å². The Morgan fingerprint density at radius 2 is 2.28 bits per heavy atom. The Hall–Kier alpha value is -2.08. The minimum absolute atomic E-state index is 0.170. The summed E-state index contributed by atoms with van der Waals surface area (Å²) in [5, 5.41) is 16.5. The first-order valence-corrected chi connectivity index (χ1v) is 5.95. The number of phenolic OH excluding ortho intramolecular Hbond substituents is 1. The van der Waals surface area contributed by atoms with Gasteiger partial charge in [-0.3, -0.25) is 10.5 Å². The van der Waals surface area contributed by atoms with Crippen LogP contribution in [0.5, 0.6) is 5.75 Å². The molecule has 2 rings (SSSR count). The summed E-state index contributed by atoms with van der Waals surface area (Å²) in [6.07, 6.45) is 0.730. The van der Waals surface area contributed by atoms with Crippen molar-refractivity contribution in [3.8, 4) is 5.75 Å². The molecule has 18 heavy (non-hydrogen) atoms. The van der Waals surface area contributed by atoms with Gasteiger partial charge in [-0.1, -0.05) is 25.6 Å². The van der Waals surface area contributed by atoms with E-state index in [1.165, 1.54) is 0 Å². The normalized spacial score (nSPS) is 10.3. The molecule has 5 nitrogen and oxygen atoms in total. The van der Waals surface area contributed by atoms with Gasteiger partial charge in [-0.15, -0.1) is 0 Å². The molecule has 0 unspecified atom stereocenters.